The molecular formula is C17H34. The number of fused-ring (bicyclic) bond motifs is 1. The molecule has 102 valence electrons. The molecule has 0 heteroatoms. The van der Waals surface area contributed by atoms with E-state index in [0.29, 0.717) is 0 Å². The first-order valence-corrected chi connectivity index (χ1v) is 4.40. The molecule has 0 amide bonds. The summed E-state index contributed by atoms with van der Waals surface area (Å²) < 4.78 is 0. The van der Waals surface area contributed by atoms with Crippen molar-refractivity contribution in [1.82, 2.24) is 0 Å². The van der Waals surface area contributed by atoms with Gasteiger partial charge >= 0.3 is 0 Å². The Labute approximate surface area is 111 Å². The first-order valence-electron chi connectivity index (χ1n) is 4.40. The zero-order valence-electron chi connectivity index (χ0n) is 7.62. The van der Waals surface area contributed by atoms with Crippen LogP contribution in [0.1, 0.15) is 51.0 Å². The molecule has 0 aliphatic rings. The highest BCUT2D eigenvalue weighted by Gasteiger charge is 1.85. The maximum atomic E-state index is 2.12. The van der Waals surface area contributed by atoms with Crippen LogP contribution in [0.5, 0.6) is 0 Å². The minimum absolute atomic E-state index is 0. The van der Waals surface area contributed by atoms with E-state index in [-0.39, 0.29) is 37.1 Å². The molecule has 17 heavy (non-hydrogen) atoms. The van der Waals surface area contributed by atoms with Crippen LogP contribution in [0.25, 0.3) is 10.8 Å². The Bertz CT molecular complexity index is 271. The van der Waals surface area contributed by atoms with Gasteiger partial charge < -0.3 is 0 Å². The van der Waals surface area contributed by atoms with E-state index in [0.717, 1.165) is 0 Å². The van der Waals surface area contributed by atoms with Crippen LogP contribution in [-0.2, 0) is 0 Å². The Morgan fingerprint density at radius 2 is 0.647 bits per heavy atom. The summed E-state index contributed by atoms with van der Waals surface area (Å²) in [5, 5.41) is 2.62. The standard InChI is InChI=1S/C10H8.C2H6.5CH4/c1-2-6-10-8-4-3-7-9(10)5-1;1-2;;;;;/h1-8H;1-2H3;5*1H4. The number of benzene rings is 2. The Morgan fingerprint density at radius 1 is 0.471 bits per heavy atom. The molecule has 0 atom stereocenters. The fraction of sp³-hybridized carbons (Fsp3) is 0.412. The van der Waals surface area contributed by atoms with Crippen molar-refractivity contribution < 1.29 is 0 Å². The summed E-state index contributed by atoms with van der Waals surface area (Å²) in [6.07, 6.45) is 0. The van der Waals surface area contributed by atoms with E-state index in [4.69, 9.17) is 0 Å². The molecule has 0 nitrogen and oxygen atoms in total. The monoisotopic (exact) mass is 238 g/mol. The Hall–Kier alpha value is -1.30. The third-order valence-electron chi connectivity index (χ3n) is 1.66. The van der Waals surface area contributed by atoms with Gasteiger partial charge in [0, 0.05) is 0 Å². The lowest BCUT2D eigenvalue weighted by Gasteiger charge is -1.92. The topological polar surface area (TPSA) is 0 Å². The van der Waals surface area contributed by atoms with Crippen molar-refractivity contribution in [3.8, 4) is 0 Å². The molecule has 0 aliphatic carbocycles. The highest BCUT2D eigenvalue weighted by molar-refractivity contribution is 5.81. The van der Waals surface area contributed by atoms with Crippen molar-refractivity contribution in [2.24, 2.45) is 0 Å². The lowest BCUT2D eigenvalue weighted by atomic mass is 10.1. The maximum Gasteiger partial charge on any atom is -0.0184 e. The molecule has 0 radical (unpaired) electrons. The SMILES string of the molecule is C.C.C.C.C.CC.c1ccc2ccccc2c1. The van der Waals surface area contributed by atoms with Crippen molar-refractivity contribution in [3.05, 3.63) is 48.5 Å². The molecule has 0 aliphatic heterocycles. The van der Waals surface area contributed by atoms with Gasteiger partial charge in [-0.3, -0.25) is 0 Å². The number of rotatable bonds is 0. The van der Waals surface area contributed by atoms with Crippen LogP contribution in [0, 0.1) is 0 Å². The molecule has 2 aromatic rings. The molecule has 0 N–H and O–H groups in total. The van der Waals surface area contributed by atoms with E-state index in [1.165, 1.54) is 10.8 Å². The van der Waals surface area contributed by atoms with Gasteiger partial charge in [-0.1, -0.05) is 99.5 Å². The predicted octanol–water partition coefficient (Wildman–Crippen LogP) is 7.05. The van der Waals surface area contributed by atoms with Crippen LogP contribution in [0.2, 0.25) is 0 Å². The lowest BCUT2D eigenvalue weighted by molar-refractivity contribution is 1.50. The van der Waals surface area contributed by atoms with E-state index in [9.17, 15) is 0 Å². The van der Waals surface area contributed by atoms with E-state index in [2.05, 4.69) is 48.5 Å². The second-order valence-corrected chi connectivity index (χ2v) is 2.35. The molecule has 0 fully saturated rings. The normalized spacial score (nSPS) is 6.24. The fourth-order valence-electron chi connectivity index (χ4n) is 1.13. The average Bonchev–Trinajstić information content (AvgIpc) is 2.21. The van der Waals surface area contributed by atoms with Crippen LogP contribution < -0.4 is 0 Å². The first kappa shape index (κ1) is 29.6. The predicted molar refractivity (Wildman–Crippen MR) is 89.0 cm³/mol. The molecule has 0 bridgehead atoms. The van der Waals surface area contributed by atoms with Gasteiger partial charge in [-0.2, -0.15) is 0 Å². The van der Waals surface area contributed by atoms with Gasteiger partial charge in [-0.15, -0.1) is 0 Å². The number of hydrogen-bond acceptors (Lipinski definition) is 0. The van der Waals surface area contributed by atoms with Crippen LogP contribution >= 0.6 is 0 Å². The van der Waals surface area contributed by atoms with Gasteiger partial charge in [-0.25, -0.2) is 0 Å². The Kier molecular flexibility index (Phi) is 29.8. The summed E-state index contributed by atoms with van der Waals surface area (Å²) >= 11 is 0. The van der Waals surface area contributed by atoms with Gasteiger partial charge in [0.05, 0.1) is 0 Å². The van der Waals surface area contributed by atoms with Crippen LogP contribution in [0.3, 0.4) is 0 Å². The summed E-state index contributed by atoms with van der Waals surface area (Å²) in [5.74, 6) is 0. The fourth-order valence-corrected chi connectivity index (χ4v) is 1.13. The van der Waals surface area contributed by atoms with Crippen LogP contribution in [0.15, 0.2) is 48.5 Å². The van der Waals surface area contributed by atoms with Crippen molar-refractivity contribution in [1.29, 1.82) is 0 Å². The second kappa shape index (κ2) is 17.1. The van der Waals surface area contributed by atoms with Gasteiger partial charge in [0.2, 0.25) is 0 Å². The summed E-state index contributed by atoms with van der Waals surface area (Å²) in [6, 6.07) is 16.7. The van der Waals surface area contributed by atoms with E-state index in [1.54, 1.807) is 0 Å². The van der Waals surface area contributed by atoms with E-state index in [1.807, 2.05) is 13.8 Å². The van der Waals surface area contributed by atoms with Crippen molar-refractivity contribution in [3.63, 3.8) is 0 Å². The second-order valence-electron chi connectivity index (χ2n) is 2.35. The quantitative estimate of drug-likeness (QED) is 0.461. The van der Waals surface area contributed by atoms with E-state index >= 15 is 0 Å². The molecule has 0 spiro atoms. The highest BCUT2D eigenvalue weighted by Crippen LogP contribution is 2.11. The zero-order chi connectivity index (χ0) is 8.81. The van der Waals surface area contributed by atoms with Gasteiger partial charge in [0.15, 0.2) is 0 Å². The summed E-state index contributed by atoms with van der Waals surface area (Å²) in [5.41, 5.74) is 0. The van der Waals surface area contributed by atoms with Crippen LogP contribution in [-0.4, -0.2) is 0 Å². The molecule has 2 rings (SSSR count). The maximum absolute atomic E-state index is 2.12. The highest BCUT2D eigenvalue weighted by atomic mass is 13.9. The first-order chi connectivity index (χ1) is 5.97. The Morgan fingerprint density at radius 3 is 0.824 bits per heavy atom. The average molecular weight is 238 g/mol. The molecule has 0 unspecified atom stereocenters. The minimum atomic E-state index is 0. The zero-order valence-corrected chi connectivity index (χ0v) is 7.62. The molecule has 0 aromatic heterocycles. The van der Waals surface area contributed by atoms with Gasteiger partial charge in [0.1, 0.15) is 0 Å². The Balaban J connectivity index is -0.0000000655. The molecule has 2 aromatic carbocycles. The van der Waals surface area contributed by atoms with Crippen molar-refractivity contribution in [2.45, 2.75) is 51.0 Å². The largest absolute Gasteiger partial charge is 0.0776 e. The minimum Gasteiger partial charge on any atom is -0.0776 e. The number of hydrogen-bond donors (Lipinski definition) is 0. The smallest absolute Gasteiger partial charge is 0.0184 e. The summed E-state index contributed by atoms with van der Waals surface area (Å²) in [4.78, 5) is 0. The van der Waals surface area contributed by atoms with E-state index < -0.39 is 0 Å². The van der Waals surface area contributed by atoms with Crippen molar-refractivity contribution in [2.75, 3.05) is 0 Å². The lowest BCUT2D eigenvalue weighted by Crippen LogP contribution is -1.67. The summed E-state index contributed by atoms with van der Waals surface area (Å²) in [7, 11) is 0. The van der Waals surface area contributed by atoms with Gasteiger partial charge in [0.25, 0.3) is 0 Å². The third kappa shape index (κ3) is 8.50. The third-order valence-corrected chi connectivity index (χ3v) is 1.66. The van der Waals surface area contributed by atoms with Crippen LogP contribution in [0.4, 0.5) is 0 Å². The summed E-state index contributed by atoms with van der Waals surface area (Å²) in [6.45, 7) is 4.00. The molecule has 0 saturated carbocycles. The van der Waals surface area contributed by atoms with Gasteiger partial charge in [-0.05, 0) is 10.8 Å². The molecular weight excluding hydrogens is 204 g/mol. The molecule has 0 heterocycles. The molecule has 0 saturated heterocycles. The van der Waals surface area contributed by atoms with Crippen molar-refractivity contribution >= 4 is 10.8 Å².